The fraction of sp³-hybridized carbons (Fsp3) is 0.143. The smallest absolute Gasteiger partial charge is 0.261 e. The maximum atomic E-state index is 12.4. The highest BCUT2D eigenvalue weighted by Gasteiger charge is 2.12. The zero-order chi connectivity index (χ0) is 18.5. The van der Waals surface area contributed by atoms with Gasteiger partial charge in [-0.2, -0.15) is 0 Å². The molecular weight excluding hydrogens is 328 g/mol. The summed E-state index contributed by atoms with van der Waals surface area (Å²) in [5.41, 5.74) is 2.95. The van der Waals surface area contributed by atoms with Gasteiger partial charge in [0.2, 0.25) is 0 Å². The van der Waals surface area contributed by atoms with E-state index in [1.807, 2.05) is 38.1 Å². The largest absolute Gasteiger partial charge is 0.494 e. The van der Waals surface area contributed by atoms with Crippen molar-refractivity contribution in [2.75, 3.05) is 11.9 Å². The number of hydrogen-bond acceptors (Lipinski definition) is 3. The van der Waals surface area contributed by atoms with Crippen LogP contribution in [0, 0.1) is 6.92 Å². The molecule has 2 N–H and O–H groups in total. The average molecular weight is 348 g/mol. The minimum Gasteiger partial charge on any atom is -0.494 e. The molecule has 5 heteroatoms. The molecule has 0 aliphatic rings. The summed E-state index contributed by atoms with van der Waals surface area (Å²) in [6, 6.07) is 18.1. The van der Waals surface area contributed by atoms with Crippen molar-refractivity contribution >= 4 is 11.6 Å². The number of hydrogen-bond donors (Lipinski definition) is 2. The molecule has 1 aromatic heterocycles. The van der Waals surface area contributed by atoms with Gasteiger partial charge in [0.15, 0.2) is 0 Å². The van der Waals surface area contributed by atoms with Crippen molar-refractivity contribution < 1.29 is 9.53 Å². The summed E-state index contributed by atoms with van der Waals surface area (Å²) in [5, 5.41) is 2.72. The fourth-order valence-corrected chi connectivity index (χ4v) is 2.55. The first-order chi connectivity index (χ1) is 12.6. The third-order valence-corrected chi connectivity index (χ3v) is 3.94. The molecule has 0 spiro atoms. The summed E-state index contributed by atoms with van der Waals surface area (Å²) in [6.07, 6.45) is 0. The van der Waals surface area contributed by atoms with E-state index in [0.29, 0.717) is 18.0 Å². The number of rotatable bonds is 5. The first-order valence-electron chi connectivity index (χ1n) is 8.41. The second kappa shape index (κ2) is 7.70. The lowest BCUT2D eigenvalue weighted by molar-refractivity contribution is 0.102. The Bertz CT molecular complexity index is 958. The number of ether oxygens (including phenoxy) is 1. The second-order valence-electron chi connectivity index (χ2n) is 5.89. The Morgan fingerprint density at radius 2 is 1.69 bits per heavy atom. The fourth-order valence-electron chi connectivity index (χ4n) is 2.55. The second-order valence-corrected chi connectivity index (χ2v) is 5.89. The number of nitrogens with one attached hydrogen (secondary N) is 2. The van der Waals surface area contributed by atoms with E-state index in [1.54, 1.807) is 30.3 Å². The zero-order valence-electron chi connectivity index (χ0n) is 14.7. The maximum absolute atomic E-state index is 12.4. The van der Waals surface area contributed by atoms with E-state index in [4.69, 9.17) is 4.74 Å². The van der Waals surface area contributed by atoms with Crippen molar-refractivity contribution in [1.82, 2.24) is 4.98 Å². The van der Waals surface area contributed by atoms with Gasteiger partial charge in [0, 0.05) is 11.4 Å². The van der Waals surface area contributed by atoms with E-state index in [2.05, 4.69) is 10.3 Å². The lowest BCUT2D eigenvalue weighted by Gasteiger charge is -2.08. The van der Waals surface area contributed by atoms with Crippen LogP contribution in [0.4, 0.5) is 5.69 Å². The van der Waals surface area contributed by atoms with Crippen LogP contribution in [0.25, 0.3) is 11.3 Å². The molecule has 0 radical (unpaired) electrons. The molecule has 0 aliphatic heterocycles. The molecule has 0 bridgehead atoms. The highest BCUT2D eigenvalue weighted by molar-refractivity contribution is 6.04. The van der Waals surface area contributed by atoms with Crippen molar-refractivity contribution in [3.8, 4) is 17.0 Å². The standard InChI is InChI=1S/C21H20N2O3/c1-3-26-17-10-8-16(9-11-17)22-20(24)18-12-13-19(23-21(18)25)15-6-4-14(2)5-7-15/h4-13H,3H2,1-2H3,(H,22,24)(H,23,25). The van der Waals surface area contributed by atoms with Gasteiger partial charge in [-0.05, 0) is 55.8 Å². The van der Waals surface area contributed by atoms with Crippen molar-refractivity contribution in [2.45, 2.75) is 13.8 Å². The first kappa shape index (κ1) is 17.5. The molecule has 0 saturated heterocycles. The number of carbonyl (C=O) groups excluding carboxylic acids is 1. The Kier molecular flexibility index (Phi) is 5.17. The number of benzene rings is 2. The summed E-state index contributed by atoms with van der Waals surface area (Å²) in [4.78, 5) is 27.5. The predicted octanol–water partition coefficient (Wildman–Crippen LogP) is 4.00. The van der Waals surface area contributed by atoms with Gasteiger partial charge in [0.1, 0.15) is 11.3 Å². The topological polar surface area (TPSA) is 71.2 Å². The molecule has 3 rings (SSSR count). The van der Waals surface area contributed by atoms with E-state index >= 15 is 0 Å². The first-order valence-corrected chi connectivity index (χ1v) is 8.41. The third kappa shape index (κ3) is 4.00. The molecule has 0 unspecified atom stereocenters. The molecule has 0 fully saturated rings. The summed E-state index contributed by atoms with van der Waals surface area (Å²) < 4.78 is 5.36. The number of aromatic amines is 1. The Balaban J connectivity index is 1.77. The van der Waals surface area contributed by atoms with Gasteiger partial charge in [-0.15, -0.1) is 0 Å². The molecule has 1 heterocycles. The molecular formula is C21H20N2O3. The van der Waals surface area contributed by atoms with Crippen LogP contribution in [0.1, 0.15) is 22.8 Å². The summed E-state index contributed by atoms with van der Waals surface area (Å²) in [6.45, 7) is 4.48. The van der Waals surface area contributed by atoms with E-state index in [0.717, 1.165) is 16.9 Å². The van der Waals surface area contributed by atoms with Gasteiger partial charge < -0.3 is 15.0 Å². The van der Waals surface area contributed by atoms with Crippen LogP contribution >= 0.6 is 0 Å². The SMILES string of the molecule is CCOc1ccc(NC(=O)c2ccc(-c3ccc(C)cc3)[nH]c2=O)cc1. The highest BCUT2D eigenvalue weighted by Crippen LogP contribution is 2.18. The Hall–Kier alpha value is -3.34. The lowest BCUT2D eigenvalue weighted by atomic mass is 10.1. The average Bonchev–Trinajstić information content (AvgIpc) is 2.64. The molecule has 132 valence electrons. The molecule has 0 atom stereocenters. The minimum atomic E-state index is -0.453. The van der Waals surface area contributed by atoms with Crippen molar-refractivity contribution in [3.63, 3.8) is 0 Å². The quantitative estimate of drug-likeness (QED) is 0.732. The number of H-pyrrole nitrogens is 1. The molecule has 0 saturated carbocycles. The number of anilines is 1. The minimum absolute atomic E-state index is 0.0646. The van der Waals surface area contributed by atoms with E-state index in [9.17, 15) is 9.59 Å². The Morgan fingerprint density at radius 1 is 1.00 bits per heavy atom. The molecule has 3 aromatic rings. The van der Waals surface area contributed by atoms with Crippen LogP contribution in [0.3, 0.4) is 0 Å². The van der Waals surface area contributed by atoms with Crippen LogP contribution in [-0.4, -0.2) is 17.5 Å². The number of aromatic nitrogens is 1. The zero-order valence-corrected chi connectivity index (χ0v) is 14.7. The highest BCUT2D eigenvalue weighted by atomic mass is 16.5. The van der Waals surface area contributed by atoms with E-state index < -0.39 is 11.5 Å². The predicted molar refractivity (Wildman–Crippen MR) is 103 cm³/mol. The molecule has 2 aromatic carbocycles. The van der Waals surface area contributed by atoms with Gasteiger partial charge in [-0.25, -0.2) is 0 Å². The Morgan fingerprint density at radius 3 is 2.31 bits per heavy atom. The van der Waals surface area contributed by atoms with Crippen molar-refractivity contribution in [3.05, 3.63) is 82.1 Å². The molecule has 0 aliphatic carbocycles. The van der Waals surface area contributed by atoms with Gasteiger partial charge >= 0.3 is 0 Å². The lowest BCUT2D eigenvalue weighted by Crippen LogP contribution is -2.23. The maximum Gasteiger partial charge on any atom is 0.261 e. The number of aryl methyl sites for hydroxylation is 1. The van der Waals surface area contributed by atoms with Gasteiger partial charge in [-0.3, -0.25) is 9.59 Å². The van der Waals surface area contributed by atoms with Gasteiger partial charge in [0.25, 0.3) is 11.5 Å². The number of pyridine rings is 1. The van der Waals surface area contributed by atoms with Gasteiger partial charge in [0.05, 0.1) is 6.61 Å². The van der Waals surface area contributed by atoms with Crippen LogP contribution < -0.4 is 15.6 Å². The summed E-state index contributed by atoms with van der Waals surface area (Å²) in [5.74, 6) is 0.275. The normalized spacial score (nSPS) is 10.4. The summed E-state index contributed by atoms with van der Waals surface area (Å²) >= 11 is 0. The van der Waals surface area contributed by atoms with E-state index in [1.165, 1.54) is 6.07 Å². The van der Waals surface area contributed by atoms with Crippen LogP contribution in [0.5, 0.6) is 5.75 Å². The summed E-state index contributed by atoms with van der Waals surface area (Å²) in [7, 11) is 0. The molecule has 1 amide bonds. The van der Waals surface area contributed by atoms with Crippen molar-refractivity contribution in [2.24, 2.45) is 0 Å². The molecule has 26 heavy (non-hydrogen) atoms. The monoisotopic (exact) mass is 348 g/mol. The Labute approximate surface area is 151 Å². The van der Waals surface area contributed by atoms with Crippen LogP contribution in [0.15, 0.2) is 65.5 Å². The van der Waals surface area contributed by atoms with Crippen LogP contribution in [-0.2, 0) is 0 Å². The van der Waals surface area contributed by atoms with Crippen molar-refractivity contribution in [1.29, 1.82) is 0 Å². The third-order valence-electron chi connectivity index (χ3n) is 3.94. The number of carbonyl (C=O) groups is 1. The van der Waals surface area contributed by atoms with Crippen LogP contribution in [0.2, 0.25) is 0 Å². The van der Waals surface area contributed by atoms with E-state index in [-0.39, 0.29) is 5.56 Å². The van der Waals surface area contributed by atoms with Gasteiger partial charge in [-0.1, -0.05) is 29.8 Å². The molecule has 5 nitrogen and oxygen atoms in total. The number of amides is 1.